The molecule has 2 saturated heterocycles. The molecule has 0 aromatic rings. The second kappa shape index (κ2) is 3.36. The predicted octanol–water partition coefficient (Wildman–Crippen LogP) is -1.03. The molecule has 2 atom stereocenters. The summed E-state index contributed by atoms with van der Waals surface area (Å²) in [6.07, 6.45) is 0. The molecule has 2 aliphatic rings. The third-order valence-corrected chi connectivity index (χ3v) is 5.27. The van der Waals surface area contributed by atoms with E-state index in [4.69, 9.17) is 0 Å². The zero-order valence-electron chi connectivity index (χ0n) is 7.65. The summed E-state index contributed by atoms with van der Waals surface area (Å²) in [5, 5.41) is 2.35. The van der Waals surface area contributed by atoms with Crippen LogP contribution >= 0.6 is 12.4 Å². The predicted molar refractivity (Wildman–Crippen MR) is 52.1 cm³/mol. The maximum Gasteiger partial charge on any atom is 0.315 e. The molecule has 0 radical (unpaired) electrons. The van der Waals surface area contributed by atoms with Gasteiger partial charge in [-0.2, -0.15) is 0 Å². The number of halogens is 1. The number of ether oxygens (including phenoxy) is 1. The van der Waals surface area contributed by atoms with Gasteiger partial charge in [0.1, 0.15) is 5.41 Å². The Kier molecular flexibility index (Phi) is 2.82. The molecule has 0 amide bonds. The molecule has 14 heavy (non-hydrogen) atoms. The summed E-state index contributed by atoms with van der Waals surface area (Å²) in [5.74, 6) is -0.470. The summed E-state index contributed by atoms with van der Waals surface area (Å²) in [5.41, 5.74) is -0.784. The number of hydrogen-bond donors (Lipinski definition) is 1. The number of sulfone groups is 1. The smallest absolute Gasteiger partial charge is 0.315 e. The van der Waals surface area contributed by atoms with Crippen LogP contribution in [0.15, 0.2) is 0 Å². The van der Waals surface area contributed by atoms with E-state index >= 15 is 0 Å². The summed E-state index contributed by atoms with van der Waals surface area (Å²) in [4.78, 5) is 11.4. The molecule has 2 unspecified atom stereocenters. The molecule has 0 aromatic heterocycles. The molecule has 1 N–H and O–H groups in total. The van der Waals surface area contributed by atoms with E-state index in [0.717, 1.165) is 0 Å². The zero-order chi connectivity index (χ0) is 9.69. The van der Waals surface area contributed by atoms with E-state index in [1.807, 2.05) is 0 Å². The molecule has 0 saturated carbocycles. The minimum Gasteiger partial charge on any atom is -0.468 e. The van der Waals surface area contributed by atoms with Gasteiger partial charge in [-0.3, -0.25) is 4.79 Å². The monoisotopic (exact) mass is 241 g/mol. The van der Waals surface area contributed by atoms with Gasteiger partial charge in [0.15, 0.2) is 9.84 Å². The summed E-state index contributed by atoms with van der Waals surface area (Å²) in [7, 11) is -1.75. The van der Waals surface area contributed by atoms with Gasteiger partial charge in [-0.15, -0.1) is 12.4 Å². The van der Waals surface area contributed by atoms with Crippen molar-refractivity contribution in [1.29, 1.82) is 0 Å². The molecule has 7 heteroatoms. The summed E-state index contributed by atoms with van der Waals surface area (Å²) in [6, 6.07) is 0. The van der Waals surface area contributed by atoms with Gasteiger partial charge < -0.3 is 10.1 Å². The van der Waals surface area contributed by atoms with Crippen LogP contribution in [-0.4, -0.2) is 45.6 Å². The van der Waals surface area contributed by atoms with Gasteiger partial charge in [0.25, 0.3) is 0 Å². The van der Waals surface area contributed by atoms with Crippen LogP contribution in [0.1, 0.15) is 0 Å². The second-order valence-electron chi connectivity index (χ2n) is 3.57. The lowest BCUT2D eigenvalue weighted by atomic mass is 9.88. The van der Waals surface area contributed by atoms with Crippen LogP contribution in [0.25, 0.3) is 0 Å². The molecule has 2 fully saturated rings. The van der Waals surface area contributed by atoms with Crippen molar-refractivity contribution in [2.45, 2.75) is 5.25 Å². The first-order chi connectivity index (χ1) is 6.03. The van der Waals surface area contributed by atoms with E-state index in [2.05, 4.69) is 10.1 Å². The maximum atomic E-state index is 11.4. The van der Waals surface area contributed by atoms with E-state index in [0.29, 0.717) is 13.1 Å². The van der Waals surface area contributed by atoms with Crippen molar-refractivity contribution in [3.63, 3.8) is 0 Å². The second-order valence-corrected chi connectivity index (χ2v) is 5.76. The van der Waals surface area contributed by atoms with Crippen LogP contribution in [-0.2, 0) is 19.4 Å². The maximum absolute atomic E-state index is 11.4. The Balaban J connectivity index is 0.000000980. The fraction of sp³-hybridized carbons (Fsp3) is 0.857. The normalized spacial score (nSPS) is 37.6. The number of nitrogens with one attached hydrogen (secondary N) is 1. The number of hydrogen-bond acceptors (Lipinski definition) is 5. The lowest BCUT2D eigenvalue weighted by molar-refractivity contribution is -0.151. The summed E-state index contributed by atoms with van der Waals surface area (Å²) >= 11 is 0. The first kappa shape index (κ1) is 11.7. The van der Waals surface area contributed by atoms with Crippen molar-refractivity contribution >= 4 is 28.2 Å². The highest BCUT2D eigenvalue weighted by Gasteiger charge is 2.66. The topological polar surface area (TPSA) is 72.5 Å². The lowest BCUT2D eigenvalue weighted by Gasteiger charge is -2.40. The van der Waals surface area contributed by atoms with E-state index in [9.17, 15) is 13.2 Å². The van der Waals surface area contributed by atoms with E-state index in [1.165, 1.54) is 7.11 Å². The minimum absolute atomic E-state index is 0. The Labute approximate surface area is 88.5 Å². The third kappa shape index (κ3) is 1.24. The Hall–Kier alpha value is -0.330. The van der Waals surface area contributed by atoms with Crippen molar-refractivity contribution < 1.29 is 17.9 Å². The van der Waals surface area contributed by atoms with Gasteiger partial charge in [0, 0.05) is 13.1 Å². The fourth-order valence-electron chi connectivity index (χ4n) is 2.18. The minimum atomic E-state index is -3.04. The molecule has 5 nitrogen and oxygen atoms in total. The Morgan fingerprint density at radius 2 is 2.21 bits per heavy atom. The van der Waals surface area contributed by atoms with Gasteiger partial charge >= 0.3 is 5.97 Å². The molecular formula is C7H12ClNO4S. The molecule has 2 aliphatic heterocycles. The van der Waals surface area contributed by atoms with Crippen LogP contribution in [0, 0.1) is 5.41 Å². The molecule has 2 rings (SSSR count). The van der Waals surface area contributed by atoms with Crippen molar-refractivity contribution in [2.24, 2.45) is 5.41 Å². The number of methoxy groups -OCH3 is 1. The first-order valence-corrected chi connectivity index (χ1v) is 5.75. The molecule has 82 valence electrons. The van der Waals surface area contributed by atoms with Gasteiger partial charge in [-0.05, 0) is 0 Å². The first-order valence-electron chi connectivity index (χ1n) is 4.04. The van der Waals surface area contributed by atoms with E-state index < -0.39 is 26.5 Å². The van der Waals surface area contributed by atoms with Crippen LogP contribution in [0.4, 0.5) is 0 Å². The van der Waals surface area contributed by atoms with Crippen molar-refractivity contribution in [1.82, 2.24) is 5.32 Å². The largest absolute Gasteiger partial charge is 0.468 e. The SMILES string of the molecule is COC(=O)C12CNCC1S(=O)(=O)C2.Cl. The molecule has 0 spiro atoms. The van der Waals surface area contributed by atoms with E-state index in [-0.39, 0.29) is 18.2 Å². The van der Waals surface area contributed by atoms with Gasteiger partial charge in [0.05, 0.1) is 18.1 Å². The van der Waals surface area contributed by atoms with Crippen LogP contribution in [0.2, 0.25) is 0 Å². The van der Waals surface area contributed by atoms with Crippen molar-refractivity contribution in [3.05, 3.63) is 0 Å². The van der Waals surface area contributed by atoms with Crippen LogP contribution in [0.5, 0.6) is 0 Å². The van der Waals surface area contributed by atoms with E-state index in [1.54, 1.807) is 0 Å². The summed E-state index contributed by atoms with van der Waals surface area (Å²) in [6.45, 7) is 0.793. The Bertz CT molecular complexity index is 355. The van der Waals surface area contributed by atoms with Gasteiger partial charge in [-0.1, -0.05) is 0 Å². The molecular weight excluding hydrogens is 230 g/mol. The third-order valence-electron chi connectivity index (χ3n) is 2.87. The average molecular weight is 242 g/mol. The number of carbonyl (C=O) groups excluding carboxylic acids is 1. The average Bonchev–Trinajstić information content (AvgIpc) is 2.43. The van der Waals surface area contributed by atoms with Crippen molar-refractivity contribution in [3.8, 4) is 0 Å². The molecule has 0 bridgehead atoms. The zero-order valence-corrected chi connectivity index (χ0v) is 9.28. The summed E-state index contributed by atoms with van der Waals surface area (Å²) < 4.78 is 27.2. The lowest BCUT2D eigenvalue weighted by Crippen LogP contribution is -2.61. The highest BCUT2D eigenvalue weighted by molar-refractivity contribution is 7.93. The van der Waals surface area contributed by atoms with Crippen LogP contribution in [0.3, 0.4) is 0 Å². The molecule has 0 aliphatic carbocycles. The number of rotatable bonds is 1. The van der Waals surface area contributed by atoms with Crippen molar-refractivity contribution in [2.75, 3.05) is 26.0 Å². The number of fused-ring (bicyclic) bond motifs is 1. The molecule has 2 heterocycles. The Morgan fingerprint density at radius 3 is 2.71 bits per heavy atom. The quantitative estimate of drug-likeness (QED) is 0.595. The van der Waals surface area contributed by atoms with Gasteiger partial charge in [-0.25, -0.2) is 8.42 Å². The highest BCUT2D eigenvalue weighted by Crippen LogP contribution is 2.43. The number of carbonyl (C=O) groups is 1. The Morgan fingerprint density at radius 1 is 1.57 bits per heavy atom. The van der Waals surface area contributed by atoms with Gasteiger partial charge in [0.2, 0.25) is 0 Å². The highest BCUT2D eigenvalue weighted by atomic mass is 35.5. The van der Waals surface area contributed by atoms with Crippen LogP contribution < -0.4 is 5.32 Å². The molecule has 0 aromatic carbocycles. The number of esters is 1. The fourth-order valence-corrected chi connectivity index (χ4v) is 4.54. The standard InChI is InChI=1S/C7H11NO4S.ClH/c1-12-6(9)7-3-8-2-5(7)13(10,11)4-7;/h5,8H,2-4H2,1H3;1H.